The van der Waals surface area contributed by atoms with Crippen LogP contribution >= 0.6 is 0 Å². The molecule has 2 heterocycles. The topological polar surface area (TPSA) is 41.4 Å². The van der Waals surface area contributed by atoms with Gasteiger partial charge in [-0.1, -0.05) is 0 Å². The molecule has 4 nitrogen and oxygen atoms in total. The summed E-state index contributed by atoms with van der Waals surface area (Å²) in [5.74, 6) is 0. The van der Waals surface area contributed by atoms with E-state index in [9.17, 15) is 0 Å². The number of aliphatic imine (C=N–C) groups is 1. The average Bonchev–Trinajstić information content (AvgIpc) is 2.37. The molecule has 0 unspecified atom stereocenters. The second-order valence-electron chi connectivity index (χ2n) is 5.80. The van der Waals surface area contributed by atoms with Crippen molar-refractivity contribution in [1.82, 2.24) is 14.9 Å². The molecule has 2 rings (SSSR count). The Hall–Kier alpha value is -1.29. The molecule has 0 radical (unpaired) electrons. The number of hydrogen-bond acceptors (Lipinski definition) is 4. The largest absolute Gasteiger partial charge is 0.298 e. The third-order valence-corrected chi connectivity index (χ3v) is 3.44. The second-order valence-corrected chi connectivity index (χ2v) is 5.80. The molecule has 1 aromatic rings. The van der Waals surface area contributed by atoms with Gasteiger partial charge in [-0.15, -0.1) is 0 Å². The third kappa shape index (κ3) is 3.60. The Bertz CT molecular complexity index is 386. The van der Waals surface area contributed by atoms with Gasteiger partial charge in [0.2, 0.25) is 0 Å². The van der Waals surface area contributed by atoms with Crippen molar-refractivity contribution in [3.05, 3.63) is 24.3 Å². The molecule has 0 aromatic carbocycles. The highest BCUT2D eigenvalue weighted by Gasteiger charge is 2.26. The smallest absolute Gasteiger partial charge is 0.116 e. The molecule has 0 N–H and O–H groups in total. The van der Waals surface area contributed by atoms with Gasteiger partial charge in [0, 0.05) is 31.0 Å². The maximum atomic E-state index is 4.63. The monoisotopic (exact) mass is 246 g/mol. The average molecular weight is 246 g/mol. The van der Waals surface area contributed by atoms with Crippen LogP contribution in [0.15, 0.2) is 23.6 Å². The lowest BCUT2D eigenvalue weighted by Gasteiger charge is -2.40. The van der Waals surface area contributed by atoms with Crippen LogP contribution in [-0.4, -0.2) is 45.8 Å². The molecule has 4 heteroatoms. The zero-order valence-corrected chi connectivity index (χ0v) is 11.5. The van der Waals surface area contributed by atoms with Crippen LogP contribution in [0.4, 0.5) is 0 Å². The highest BCUT2D eigenvalue weighted by Crippen LogP contribution is 2.21. The van der Waals surface area contributed by atoms with E-state index < -0.39 is 0 Å². The molecule has 0 spiro atoms. The normalized spacial score (nSPS) is 19.5. The summed E-state index contributed by atoms with van der Waals surface area (Å²) in [6.07, 6.45) is 7.46. The SMILES string of the molecule is CC(C)(C)N1CCC(N=Cc2ccncn2)CC1. The lowest BCUT2D eigenvalue weighted by Crippen LogP contribution is -2.46. The molecule has 0 bridgehead atoms. The van der Waals surface area contributed by atoms with E-state index in [0.29, 0.717) is 6.04 Å². The molecular weight excluding hydrogens is 224 g/mol. The highest BCUT2D eigenvalue weighted by atomic mass is 15.2. The van der Waals surface area contributed by atoms with E-state index in [1.807, 2.05) is 12.3 Å². The van der Waals surface area contributed by atoms with E-state index in [1.165, 1.54) is 0 Å². The van der Waals surface area contributed by atoms with Crippen LogP contribution < -0.4 is 0 Å². The Morgan fingerprint density at radius 1 is 1.33 bits per heavy atom. The molecule has 0 atom stereocenters. The van der Waals surface area contributed by atoms with Crippen LogP contribution in [0.2, 0.25) is 0 Å². The van der Waals surface area contributed by atoms with Gasteiger partial charge < -0.3 is 0 Å². The van der Waals surface area contributed by atoms with Gasteiger partial charge in [0.1, 0.15) is 6.33 Å². The predicted octanol–water partition coefficient (Wildman–Crippen LogP) is 2.16. The Morgan fingerprint density at radius 2 is 2.06 bits per heavy atom. The van der Waals surface area contributed by atoms with E-state index in [-0.39, 0.29) is 5.54 Å². The Kier molecular flexibility index (Phi) is 4.07. The first-order chi connectivity index (χ1) is 8.55. The van der Waals surface area contributed by atoms with Crippen LogP contribution in [-0.2, 0) is 0 Å². The molecular formula is C14H22N4. The number of hydrogen-bond donors (Lipinski definition) is 0. The van der Waals surface area contributed by atoms with Crippen molar-refractivity contribution < 1.29 is 0 Å². The molecule has 1 saturated heterocycles. The maximum absolute atomic E-state index is 4.63. The first kappa shape index (κ1) is 13.1. The first-order valence-electron chi connectivity index (χ1n) is 6.60. The van der Waals surface area contributed by atoms with E-state index in [1.54, 1.807) is 12.5 Å². The maximum Gasteiger partial charge on any atom is 0.116 e. The van der Waals surface area contributed by atoms with Crippen molar-refractivity contribution in [2.45, 2.75) is 45.2 Å². The molecule has 1 aliphatic rings. The Morgan fingerprint density at radius 3 is 2.61 bits per heavy atom. The minimum absolute atomic E-state index is 0.279. The van der Waals surface area contributed by atoms with Crippen molar-refractivity contribution in [2.24, 2.45) is 4.99 Å². The van der Waals surface area contributed by atoms with Gasteiger partial charge >= 0.3 is 0 Å². The molecule has 0 amide bonds. The number of rotatable bonds is 2. The summed E-state index contributed by atoms with van der Waals surface area (Å²) >= 11 is 0. The van der Waals surface area contributed by atoms with Crippen LogP contribution in [0.1, 0.15) is 39.3 Å². The fourth-order valence-electron chi connectivity index (χ4n) is 2.24. The number of piperidine rings is 1. The summed E-state index contributed by atoms with van der Waals surface area (Å²) in [5, 5.41) is 0. The lowest BCUT2D eigenvalue weighted by atomic mass is 9.98. The summed E-state index contributed by atoms with van der Waals surface area (Å²) < 4.78 is 0. The minimum atomic E-state index is 0.279. The number of nitrogens with zero attached hydrogens (tertiary/aromatic N) is 4. The molecule has 0 aliphatic carbocycles. The van der Waals surface area contributed by atoms with Gasteiger partial charge in [-0.05, 0) is 39.7 Å². The molecule has 98 valence electrons. The minimum Gasteiger partial charge on any atom is -0.298 e. The van der Waals surface area contributed by atoms with Crippen LogP contribution in [0, 0.1) is 0 Å². The van der Waals surface area contributed by atoms with E-state index >= 15 is 0 Å². The highest BCUT2D eigenvalue weighted by molar-refractivity contribution is 5.76. The summed E-state index contributed by atoms with van der Waals surface area (Å²) in [6.45, 7) is 9.09. The zero-order valence-electron chi connectivity index (χ0n) is 11.5. The molecule has 1 aromatic heterocycles. The van der Waals surface area contributed by atoms with Crippen molar-refractivity contribution in [3.63, 3.8) is 0 Å². The van der Waals surface area contributed by atoms with Gasteiger partial charge in [-0.25, -0.2) is 9.97 Å². The molecule has 0 saturated carbocycles. The van der Waals surface area contributed by atoms with Crippen LogP contribution in [0.5, 0.6) is 0 Å². The predicted molar refractivity (Wildman–Crippen MR) is 74.0 cm³/mol. The Labute approximate surface area is 109 Å². The summed E-state index contributed by atoms with van der Waals surface area (Å²) in [6, 6.07) is 2.33. The van der Waals surface area contributed by atoms with Crippen molar-refractivity contribution in [3.8, 4) is 0 Å². The fraction of sp³-hybridized carbons (Fsp3) is 0.643. The van der Waals surface area contributed by atoms with Gasteiger partial charge in [0.05, 0.1) is 11.7 Å². The first-order valence-corrected chi connectivity index (χ1v) is 6.60. The molecule has 1 fully saturated rings. The summed E-state index contributed by atoms with van der Waals surface area (Å²) in [7, 11) is 0. The summed E-state index contributed by atoms with van der Waals surface area (Å²) in [4.78, 5) is 15.2. The molecule has 18 heavy (non-hydrogen) atoms. The van der Waals surface area contributed by atoms with Crippen molar-refractivity contribution >= 4 is 6.21 Å². The van der Waals surface area contributed by atoms with Crippen LogP contribution in [0.3, 0.4) is 0 Å². The molecule has 1 aliphatic heterocycles. The van der Waals surface area contributed by atoms with Crippen molar-refractivity contribution in [2.75, 3.05) is 13.1 Å². The van der Waals surface area contributed by atoms with E-state index in [0.717, 1.165) is 31.6 Å². The van der Waals surface area contributed by atoms with Crippen LogP contribution in [0.25, 0.3) is 0 Å². The number of likely N-dealkylation sites (tertiary alicyclic amines) is 1. The zero-order chi connectivity index (χ0) is 13.0. The van der Waals surface area contributed by atoms with E-state index in [2.05, 4.69) is 40.6 Å². The van der Waals surface area contributed by atoms with Gasteiger partial charge in [-0.3, -0.25) is 9.89 Å². The number of aromatic nitrogens is 2. The van der Waals surface area contributed by atoms with Gasteiger partial charge in [0.25, 0.3) is 0 Å². The van der Waals surface area contributed by atoms with Gasteiger partial charge in [-0.2, -0.15) is 0 Å². The van der Waals surface area contributed by atoms with E-state index in [4.69, 9.17) is 0 Å². The third-order valence-electron chi connectivity index (χ3n) is 3.44. The Balaban J connectivity index is 1.86. The lowest BCUT2D eigenvalue weighted by molar-refractivity contribution is 0.104. The fourth-order valence-corrected chi connectivity index (χ4v) is 2.24. The van der Waals surface area contributed by atoms with Gasteiger partial charge in [0.15, 0.2) is 0 Å². The van der Waals surface area contributed by atoms with Crippen molar-refractivity contribution in [1.29, 1.82) is 0 Å². The quantitative estimate of drug-likeness (QED) is 0.751. The standard InChI is InChI=1S/C14H22N4/c1-14(2,3)18-8-5-12(6-9-18)16-10-13-4-7-15-11-17-13/h4,7,10-12H,5-6,8-9H2,1-3H3. The second kappa shape index (κ2) is 5.57. The summed E-state index contributed by atoms with van der Waals surface area (Å²) in [5.41, 5.74) is 1.17.